The van der Waals surface area contributed by atoms with Gasteiger partial charge < -0.3 is 20.1 Å². The molecule has 5 aromatic rings. The largest absolute Gasteiger partial charge is 0.458 e. The number of aliphatic hydroxyl groups is 1. The number of aromatic nitrogens is 5. The third-order valence-electron chi connectivity index (χ3n) is 8.18. The molecule has 0 saturated carbocycles. The maximum atomic E-state index is 14.7. The molecule has 7 rings (SSSR count). The van der Waals surface area contributed by atoms with Gasteiger partial charge >= 0.3 is 5.97 Å². The number of anilines is 1. The number of carbonyl (C=O) groups excluding carboxylic acids is 1. The standard InChI is InChI=1S/C30H25FN6O4/c1-3-30(40)21-9-26-27-19(12-37(26)28(38)20(21)14-41-29(30)39)18(17-8-15(2)22(31)10-24(17)33-27)11-36-13-25(34-35-36)16-6-4-5-7-23(16)32/h4-10,13,40H,3,11-12,14,32H2,1-2H3/t30-/m0/s1. The van der Waals surface area contributed by atoms with Gasteiger partial charge in [-0.05, 0) is 42.7 Å². The van der Waals surface area contributed by atoms with E-state index in [0.29, 0.717) is 33.8 Å². The van der Waals surface area contributed by atoms with Crippen LogP contribution in [0.4, 0.5) is 10.1 Å². The monoisotopic (exact) mass is 552 g/mol. The SMILES string of the molecule is CC[C@@]1(O)C(=O)OCc2c1cc1n(c2=O)Cc2c-1nc1cc(F)c(C)cc1c2Cn1cc(-c2ccccc2N)nn1. The highest BCUT2D eigenvalue weighted by Crippen LogP contribution is 2.40. The Morgan fingerprint density at radius 2 is 1.98 bits per heavy atom. The zero-order chi connectivity index (χ0) is 28.6. The van der Waals surface area contributed by atoms with E-state index in [0.717, 1.165) is 22.1 Å². The van der Waals surface area contributed by atoms with E-state index >= 15 is 0 Å². The van der Waals surface area contributed by atoms with Gasteiger partial charge in [-0.3, -0.25) is 4.79 Å². The topological polar surface area (TPSA) is 138 Å². The molecule has 3 N–H and O–H groups in total. The number of nitrogens with two attached hydrogens (primary N) is 1. The summed E-state index contributed by atoms with van der Waals surface area (Å²) in [7, 11) is 0. The van der Waals surface area contributed by atoms with Crippen LogP contribution in [0.2, 0.25) is 0 Å². The molecular weight excluding hydrogens is 527 g/mol. The number of hydrogen-bond donors (Lipinski definition) is 2. The van der Waals surface area contributed by atoms with Crippen molar-refractivity contribution in [1.29, 1.82) is 0 Å². The molecule has 206 valence electrons. The van der Waals surface area contributed by atoms with Gasteiger partial charge in [0.1, 0.15) is 18.1 Å². The number of halogens is 1. The number of benzene rings is 2. The van der Waals surface area contributed by atoms with Crippen molar-refractivity contribution < 1.29 is 19.0 Å². The summed E-state index contributed by atoms with van der Waals surface area (Å²) >= 11 is 0. The molecule has 0 fully saturated rings. The van der Waals surface area contributed by atoms with Crippen LogP contribution < -0.4 is 11.3 Å². The molecule has 2 aliphatic heterocycles. The molecule has 2 aromatic carbocycles. The minimum absolute atomic E-state index is 0.0377. The molecule has 10 nitrogen and oxygen atoms in total. The quantitative estimate of drug-likeness (QED) is 0.251. The lowest BCUT2D eigenvalue weighted by Crippen LogP contribution is -2.44. The number of hydrogen-bond acceptors (Lipinski definition) is 8. The van der Waals surface area contributed by atoms with E-state index in [4.69, 9.17) is 15.5 Å². The van der Waals surface area contributed by atoms with Gasteiger partial charge in [0.2, 0.25) is 0 Å². The summed E-state index contributed by atoms with van der Waals surface area (Å²) in [5.74, 6) is -1.19. The number of nitrogen functional groups attached to an aromatic ring is 1. The first-order valence-corrected chi connectivity index (χ1v) is 13.2. The van der Waals surface area contributed by atoms with Gasteiger partial charge in [0, 0.05) is 33.8 Å². The number of fused-ring (bicyclic) bond motifs is 5. The second-order valence-electron chi connectivity index (χ2n) is 10.5. The number of aryl methyl sites for hydroxylation is 1. The molecule has 5 heterocycles. The van der Waals surface area contributed by atoms with E-state index in [9.17, 15) is 19.1 Å². The van der Waals surface area contributed by atoms with Gasteiger partial charge in [-0.1, -0.05) is 30.3 Å². The molecule has 0 bridgehead atoms. The second kappa shape index (κ2) is 8.80. The van der Waals surface area contributed by atoms with E-state index < -0.39 is 17.4 Å². The molecule has 11 heteroatoms. The summed E-state index contributed by atoms with van der Waals surface area (Å²) in [4.78, 5) is 31.0. The Hall–Kier alpha value is -4.90. The van der Waals surface area contributed by atoms with E-state index in [1.807, 2.05) is 18.2 Å². The molecule has 1 atom stereocenters. The van der Waals surface area contributed by atoms with Crippen molar-refractivity contribution in [2.45, 2.75) is 45.6 Å². The van der Waals surface area contributed by atoms with Crippen molar-refractivity contribution in [2.24, 2.45) is 0 Å². The molecule has 0 amide bonds. The maximum Gasteiger partial charge on any atom is 0.343 e. The normalized spacial score (nSPS) is 17.3. The van der Waals surface area contributed by atoms with Crippen LogP contribution in [-0.2, 0) is 34.8 Å². The highest BCUT2D eigenvalue weighted by Gasteiger charge is 2.45. The van der Waals surface area contributed by atoms with Crippen molar-refractivity contribution in [3.05, 3.63) is 92.6 Å². The van der Waals surface area contributed by atoms with Gasteiger partial charge in [-0.2, -0.15) is 0 Å². The molecule has 41 heavy (non-hydrogen) atoms. The number of cyclic esters (lactones) is 1. The van der Waals surface area contributed by atoms with Gasteiger partial charge in [-0.25, -0.2) is 18.9 Å². The van der Waals surface area contributed by atoms with Gasteiger partial charge in [0.25, 0.3) is 5.56 Å². The highest BCUT2D eigenvalue weighted by atomic mass is 19.1. The number of rotatable bonds is 4. The Labute approximate surface area is 232 Å². The fourth-order valence-corrected chi connectivity index (χ4v) is 5.86. The lowest BCUT2D eigenvalue weighted by Gasteiger charge is -2.31. The number of para-hydroxylation sites is 1. The van der Waals surface area contributed by atoms with Crippen LogP contribution in [0.15, 0.2) is 53.5 Å². The predicted molar refractivity (Wildman–Crippen MR) is 148 cm³/mol. The summed E-state index contributed by atoms with van der Waals surface area (Å²) in [5, 5.41) is 20.6. The van der Waals surface area contributed by atoms with Crippen molar-refractivity contribution in [3.8, 4) is 22.6 Å². The van der Waals surface area contributed by atoms with E-state index in [1.54, 1.807) is 47.5 Å². The van der Waals surface area contributed by atoms with Crippen LogP contribution in [0, 0.1) is 12.7 Å². The lowest BCUT2D eigenvalue weighted by molar-refractivity contribution is -0.172. The Kier molecular flexibility index (Phi) is 5.39. The molecular formula is C30H25FN6O4. The van der Waals surface area contributed by atoms with E-state index in [2.05, 4.69) is 10.3 Å². The Balaban J connectivity index is 1.43. The first kappa shape index (κ1) is 25.1. The van der Waals surface area contributed by atoms with Crippen molar-refractivity contribution in [1.82, 2.24) is 24.5 Å². The van der Waals surface area contributed by atoms with E-state index in [1.165, 1.54) is 6.07 Å². The average molecular weight is 553 g/mol. The highest BCUT2D eigenvalue weighted by molar-refractivity contribution is 5.89. The zero-order valence-corrected chi connectivity index (χ0v) is 22.3. The van der Waals surface area contributed by atoms with Crippen molar-refractivity contribution >= 4 is 22.6 Å². The molecule has 0 unspecified atom stereocenters. The van der Waals surface area contributed by atoms with E-state index in [-0.39, 0.29) is 42.8 Å². The Morgan fingerprint density at radius 3 is 2.76 bits per heavy atom. The number of ether oxygens (including phenoxy) is 1. The van der Waals surface area contributed by atoms with Gasteiger partial charge in [0.05, 0.1) is 41.8 Å². The lowest BCUT2D eigenvalue weighted by atomic mass is 9.86. The van der Waals surface area contributed by atoms with Gasteiger partial charge in [-0.15, -0.1) is 5.10 Å². The van der Waals surface area contributed by atoms with Crippen LogP contribution in [0.1, 0.15) is 41.2 Å². The summed E-state index contributed by atoms with van der Waals surface area (Å²) in [6.45, 7) is 3.60. The first-order chi connectivity index (χ1) is 19.7. The predicted octanol–water partition coefficient (Wildman–Crippen LogP) is 3.42. The van der Waals surface area contributed by atoms with Crippen LogP contribution >= 0.6 is 0 Å². The third kappa shape index (κ3) is 3.62. The second-order valence-corrected chi connectivity index (χ2v) is 10.5. The zero-order valence-electron chi connectivity index (χ0n) is 22.3. The minimum Gasteiger partial charge on any atom is -0.458 e. The number of carbonyl (C=O) groups is 1. The van der Waals surface area contributed by atoms with Crippen LogP contribution in [0.5, 0.6) is 0 Å². The van der Waals surface area contributed by atoms with Gasteiger partial charge in [0.15, 0.2) is 5.60 Å². The fourth-order valence-electron chi connectivity index (χ4n) is 5.86. The third-order valence-corrected chi connectivity index (χ3v) is 8.18. The molecule has 2 aliphatic rings. The smallest absolute Gasteiger partial charge is 0.343 e. The fraction of sp³-hybridized carbons (Fsp3) is 0.233. The van der Waals surface area contributed by atoms with Crippen LogP contribution in [0.3, 0.4) is 0 Å². The molecule has 0 spiro atoms. The summed E-state index contributed by atoms with van der Waals surface area (Å²) in [5.41, 5.74) is 9.63. The van der Waals surface area contributed by atoms with Crippen molar-refractivity contribution in [3.63, 3.8) is 0 Å². The average Bonchev–Trinajstić information content (AvgIpc) is 3.57. The molecule has 0 saturated heterocycles. The first-order valence-electron chi connectivity index (χ1n) is 13.2. The van der Waals surface area contributed by atoms with Crippen LogP contribution in [-0.4, -0.2) is 35.6 Å². The Bertz CT molecular complexity index is 2000. The summed E-state index contributed by atoms with van der Waals surface area (Å²) in [6.07, 6.45) is 1.83. The number of pyridine rings is 2. The Morgan fingerprint density at radius 1 is 1.17 bits per heavy atom. The summed E-state index contributed by atoms with van der Waals surface area (Å²) in [6, 6.07) is 12.2. The molecule has 3 aromatic heterocycles. The maximum absolute atomic E-state index is 14.7. The number of esters is 1. The molecule has 0 aliphatic carbocycles. The number of nitrogens with zero attached hydrogens (tertiary/aromatic N) is 5. The van der Waals surface area contributed by atoms with Crippen molar-refractivity contribution in [2.75, 3.05) is 5.73 Å². The summed E-state index contributed by atoms with van der Waals surface area (Å²) < 4.78 is 23.2. The molecule has 0 radical (unpaired) electrons. The minimum atomic E-state index is -1.94. The van der Waals surface area contributed by atoms with Crippen LogP contribution in [0.25, 0.3) is 33.5 Å².